The van der Waals surface area contributed by atoms with Crippen LogP contribution in [0.4, 0.5) is 5.13 Å². The summed E-state index contributed by atoms with van der Waals surface area (Å²) in [4.78, 5) is 19.8. The molecule has 0 unspecified atom stereocenters. The number of fused-ring (bicyclic) bond motifs is 1. The number of rotatable bonds is 5. The Morgan fingerprint density at radius 1 is 1.18 bits per heavy atom. The molecule has 2 N–H and O–H groups in total. The Bertz CT molecular complexity index is 1100. The highest BCUT2D eigenvalue weighted by Crippen LogP contribution is 2.32. The van der Waals surface area contributed by atoms with Gasteiger partial charge < -0.3 is 0 Å². The highest BCUT2D eigenvalue weighted by molar-refractivity contribution is 7.89. The third-order valence-corrected chi connectivity index (χ3v) is 8.06. The van der Waals surface area contributed by atoms with Crippen LogP contribution in [0, 0.1) is 0 Å². The molecule has 0 saturated heterocycles. The summed E-state index contributed by atoms with van der Waals surface area (Å²) in [6, 6.07) is 8.42. The maximum absolute atomic E-state index is 13.1. The van der Waals surface area contributed by atoms with Crippen LogP contribution in [0.1, 0.15) is 33.8 Å². The zero-order valence-corrected chi connectivity index (χ0v) is 17.6. The van der Waals surface area contributed by atoms with E-state index in [1.165, 1.54) is 46.7 Å². The van der Waals surface area contributed by atoms with E-state index >= 15 is 0 Å². The van der Waals surface area contributed by atoms with Gasteiger partial charge in [0, 0.05) is 20.9 Å². The standard InChI is InChI=1S/C19H19N3O3S3/c1-20-28(24,25)12-8-9-13(16-7-4-10-26-16)14(11-12)18(23)22-19-21-15-5-2-3-6-17(15)27-19/h4,7-11,20H,2-3,5-6H2,1H3,(H,21,22,23). The lowest BCUT2D eigenvalue weighted by Crippen LogP contribution is -2.20. The van der Waals surface area contributed by atoms with E-state index in [1.807, 2.05) is 17.5 Å². The summed E-state index contributed by atoms with van der Waals surface area (Å²) < 4.78 is 26.7. The van der Waals surface area contributed by atoms with Crippen LogP contribution >= 0.6 is 22.7 Å². The number of carbonyl (C=O) groups excluding carboxylic acids is 1. The molecule has 6 nitrogen and oxygen atoms in total. The highest BCUT2D eigenvalue weighted by Gasteiger charge is 2.21. The van der Waals surface area contributed by atoms with Crippen molar-refractivity contribution in [2.24, 2.45) is 0 Å². The highest BCUT2D eigenvalue weighted by atomic mass is 32.2. The fourth-order valence-electron chi connectivity index (χ4n) is 3.21. The molecule has 2 heterocycles. The Hall–Kier alpha value is -2.07. The number of nitrogens with zero attached hydrogens (tertiary/aromatic N) is 1. The number of benzene rings is 1. The molecule has 146 valence electrons. The quantitative estimate of drug-likeness (QED) is 0.639. The molecular formula is C19H19N3O3S3. The molecule has 1 aliphatic carbocycles. The van der Waals surface area contributed by atoms with Crippen LogP contribution in [0.5, 0.6) is 0 Å². The maximum Gasteiger partial charge on any atom is 0.258 e. The van der Waals surface area contributed by atoms with Gasteiger partial charge in [0.2, 0.25) is 10.0 Å². The van der Waals surface area contributed by atoms with Crippen LogP contribution in [-0.2, 0) is 22.9 Å². The van der Waals surface area contributed by atoms with Crippen molar-refractivity contribution in [2.45, 2.75) is 30.6 Å². The SMILES string of the molecule is CNS(=O)(=O)c1ccc(-c2cccs2)c(C(=O)Nc2nc3c(s2)CCCC3)c1. The first-order valence-electron chi connectivity index (χ1n) is 8.89. The number of thiazole rings is 1. The van der Waals surface area contributed by atoms with E-state index < -0.39 is 10.0 Å². The second kappa shape index (κ2) is 7.75. The van der Waals surface area contributed by atoms with Gasteiger partial charge >= 0.3 is 0 Å². The van der Waals surface area contributed by atoms with Crippen molar-refractivity contribution >= 4 is 43.7 Å². The Balaban J connectivity index is 1.72. The number of anilines is 1. The minimum atomic E-state index is -3.65. The van der Waals surface area contributed by atoms with Crippen LogP contribution in [0.15, 0.2) is 40.6 Å². The Kier molecular flexibility index (Phi) is 5.33. The summed E-state index contributed by atoms with van der Waals surface area (Å²) >= 11 is 3.00. The molecule has 0 radical (unpaired) electrons. The molecule has 4 rings (SSSR count). The monoisotopic (exact) mass is 433 g/mol. The summed E-state index contributed by atoms with van der Waals surface area (Å²) in [5, 5.41) is 5.36. The lowest BCUT2D eigenvalue weighted by molar-refractivity contribution is 0.102. The van der Waals surface area contributed by atoms with E-state index in [0.29, 0.717) is 16.3 Å². The molecule has 0 aliphatic heterocycles. The van der Waals surface area contributed by atoms with Crippen LogP contribution < -0.4 is 10.0 Å². The number of sulfonamides is 1. The zero-order valence-electron chi connectivity index (χ0n) is 15.2. The smallest absolute Gasteiger partial charge is 0.258 e. The van der Waals surface area contributed by atoms with Crippen molar-refractivity contribution in [2.75, 3.05) is 12.4 Å². The van der Waals surface area contributed by atoms with Gasteiger partial charge in [0.15, 0.2) is 5.13 Å². The molecule has 1 amide bonds. The van der Waals surface area contributed by atoms with E-state index in [1.54, 1.807) is 6.07 Å². The van der Waals surface area contributed by atoms with Gasteiger partial charge in [0.1, 0.15) is 0 Å². The molecule has 2 aromatic heterocycles. The first-order chi connectivity index (χ1) is 13.5. The Morgan fingerprint density at radius 3 is 2.71 bits per heavy atom. The van der Waals surface area contributed by atoms with Crippen LogP contribution in [0.2, 0.25) is 0 Å². The second-order valence-corrected chi connectivity index (χ2v) is 10.4. The van der Waals surface area contributed by atoms with Crippen LogP contribution in [0.3, 0.4) is 0 Å². The predicted octanol–water partition coefficient (Wildman–Crippen LogP) is 3.91. The second-order valence-electron chi connectivity index (χ2n) is 6.44. The van der Waals surface area contributed by atoms with E-state index in [9.17, 15) is 13.2 Å². The van der Waals surface area contributed by atoms with E-state index in [4.69, 9.17) is 0 Å². The number of aryl methyl sites for hydroxylation is 2. The summed E-state index contributed by atoms with van der Waals surface area (Å²) in [5.74, 6) is -0.359. The summed E-state index contributed by atoms with van der Waals surface area (Å²) in [5.41, 5.74) is 2.08. The van der Waals surface area contributed by atoms with Crippen molar-refractivity contribution in [3.63, 3.8) is 0 Å². The van der Waals surface area contributed by atoms with Crippen molar-refractivity contribution in [3.05, 3.63) is 51.8 Å². The summed E-state index contributed by atoms with van der Waals surface area (Å²) in [6.45, 7) is 0. The fraction of sp³-hybridized carbons (Fsp3) is 0.263. The number of carbonyl (C=O) groups is 1. The Labute approximate surface area is 171 Å². The molecule has 3 aromatic rings. The van der Waals surface area contributed by atoms with Gasteiger partial charge in [0.25, 0.3) is 5.91 Å². The van der Waals surface area contributed by atoms with Gasteiger partial charge in [-0.05, 0) is 56.3 Å². The lowest BCUT2D eigenvalue weighted by atomic mass is 10.0. The van der Waals surface area contributed by atoms with Gasteiger partial charge in [0.05, 0.1) is 10.6 Å². The first-order valence-corrected chi connectivity index (χ1v) is 12.1. The number of amides is 1. The number of hydrogen-bond donors (Lipinski definition) is 2. The third kappa shape index (κ3) is 3.75. The number of thiophene rings is 1. The molecule has 0 spiro atoms. The largest absolute Gasteiger partial charge is 0.298 e. The topological polar surface area (TPSA) is 88.2 Å². The lowest BCUT2D eigenvalue weighted by Gasteiger charge is -2.10. The van der Waals surface area contributed by atoms with Gasteiger partial charge in [-0.2, -0.15) is 0 Å². The van der Waals surface area contributed by atoms with Crippen molar-refractivity contribution in [3.8, 4) is 10.4 Å². The normalized spacial score (nSPS) is 13.9. The fourth-order valence-corrected chi connectivity index (χ4v) is 5.78. The first kappa shape index (κ1) is 19.3. The minimum Gasteiger partial charge on any atom is -0.298 e. The molecule has 1 aliphatic rings. The molecule has 28 heavy (non-hydrogen) atoms. The van der Waals surface area contributed by atoms with E-state index in [0.717, 1.165) is 36.3 Å². The summed E-state index contributed by atoms with van der Waals surface area (Å²) in [6.07, 6.45) is 4.21. The molecule has 0 saturated carbocycles. The van der Waals surface area contributed by atoms with Crippen molar-refractivity contribution in [1.82, 2.24) is 9.71 Å². The summed E-state index contributed by atoms with van der Waals surface area (Å²) in [7, 11) is -2.30. The van der Waals surface area contributed by atoms with Gasteiger partial charge in [-0.25, -0.2) is 18.1 Å². The van der Waals surface area contributed by atoms with Crippen LogP contribution in [-0.4, -0.2) is 26.4 Å². The van der Waals surface area contributed by atoms with E-state index in [-0.39, 0.29) is 10.8 Å². The average Bonchev–Trinajstić information content (AvgIpc) is 3.36. The number of hydrogen-bond acceptors (Lipinski definition) is 6. The van der Waals surface area contributed by atoms with Crippen LogP contribution in [0.25, 0.3) is 10.4 Å². The Morgan fingerprint density at radius 2 is 2.00 bits per heavy atom. The molecule has 9 heteroatoms. The third-order valence-electron chi connectivity index (χ3n) is 4.67. The average molecular weight is 434 g/mol. The van der Waals surface area contributed by atoms with Crippen molar-refractivity contribution in [1.29, 1.82) is 0 Å². The van der Waals surface area contributed by atoms with Gasteiger partial charge in [-0.1, -0.05) is 12.1 Å². The molecule has 1 aromatic carbocycles. The van der Waals surface area contributed by atoms with Gasteiger partial charge in [-0.3, -0.25) is 10.1 Å². The zero-order chi connectivity index (χ0) is 19.7. The number of nitrogens with one attached hydrogen (secondary N) is 2. The minimum absolute atomic E-state index is 0.0545. The van der Waals surface area contributed by atoms with Gasteiger partial charge in [-0.15, -0.1) is 22.7 Å². The molecule has 0 bridgehead atoms. The number of aromatic nitrogens is 1. The van der Waals surface area contributed by atoms with E-state index in [2.05, 4.69) is 15.0 Å². The predicted molar refractivity (Wildman–Crippen MR) is 113 cm³/mol. The molecular weight excluding hydrogens is 414 g/mol. The maximum atomic E-state index is 13.1. The molecule has 0 fully saturated rings. The molecule has 0 atom stereocenters. The van der Waals surface area contributed by atoms with Crippen molar-refractivity contribution < 1.29 is 13.2 Å².